The topological polar surface area (TPSA) is 103 Å². The number of benzene rings is 1. The summed E-state index contributed by atoms with van der Waals surface area (Å²) in [6.45, 7) is 7.67. The highest BCUT2D eigenvalue weighted by molar-refractivity contribution is 7.22. The van der Waals surface area contributed by atoms with Crippen LogP contribution >= 0.6 is 11.3 Å². The molecule has 4 rings (SSSR count). The second kappa shape index (κ2) is 8.43. The van der Waals surface area contributed by atoms with E-state index in [2.05, 4.69) is 20.4 Å². The number of thiophene rings is 1. The predicted molar refractivity (Wildman–Crippen MR) is 120 cm³/mol. The number of hydrogen-bond donors (Lipinski definition) is 1. The lowest BCUT2D eigenvalue weighted by atomic mass is 10.1. The van der Waals surface area contributed by atoms with E-state index < -0.39 is 0 Å². The summed E-state index contributed by atoms with van der Waals surface area (Å²) in [6, 6.07) is 7.89. The molecule has 1 aromatic carbocycles. The van der Waals surface area contributed by atoms with E-state index >= 15 is 0 Å². The summed E-state index contributed by atoms with van der Waals surface area (Å²) in [5.74, 6) is 0.616. The van der Waals surface area contributed by atoms with Crippen molar-refractivity contribution in [1.29, 1.82) is 0 Å². The van der Waals surface area contributed by atoms with Gasteiger partial charge in [0, 0.05) is 11.6 Å². The zero-order valence-electron chi connectivity index (χ0n) is 17.8. The third kappa shape index (κ3) is 4.13. The molecule has 0 aliphatic rings. The van der Waals surface area contributed by atoms with Crippen LogP contribution in [0, 0.1) is 13.8 Å². The Morgan fingerprint density at radius 2 is 2.13 bits per heavy atom. The molecule has 1 amide bonds. The molecule has 0 fully saturated rings. The molecule has 0 spiro atoms. The Bertz CT molecular complexity index is 1320. The van der Waals surface area contributed by atoms with E-state index in [0.717, 1.165) is 17.5 Å². The molecule has 3 aromatic heterocycles. The average Bonchev–Trinajstić information content (AvgIpc) is 3.35. The molecule has 0 saturated heterocycles. The summed E-state index contributed by atoms with van der Waals surface area (Å²) >= 11 is 1.32. The van der Waals surface area contributed by atoms with Gasteiger partial charge in [-0.05, 0) is 38.8 Å². The number of nitrogens with zero attached hydrogens (tertiary/aromatic N) is 4. The molecular formula is C22H23N5O3S. The predicted octanol–water partition coefficient (Wildman–Crippen LogP) is 3.71. The molecule has 160 valence electrons. The molecule has 8 nitrogen and oxygen atoms in total. The molecule has 0 unspecified atom stereocenters. The first-order chi connectivity index (χ1) is 14.9. The number of carbonyl (C=O) groups is 1. The monoisotopic (exact) mass is 437 g/mol. The number of aryl methyl sites for hydroxylation is 2. The second-order valence-electron chi connectivity index (χ2n) is 7.58. The molecule has 1 atom stereocenters. The van der Waals surface area contributed by atoms with E-state index in [9.17, 15) is 9.59 Å². The number of rotatable bonds is 6. The van der Waals surface area contributed by atoms with Crippen LogP contribution in [0.1, 0.15) is 31.4 Å². The summed E-state index contributed by atoms with van der Waals surface area (Å²) in [7, 11) is 0. The van der Waals surface area contributed by atoms with Crippen LogP contribution in [0.5, 0.6) is 0 Å². The van der Waals surface area contributed by atoms with Gasteiger partial charge in [-0.25, -0.2) is 4.98 Å². The molecule has 9 heteroatoms. The maximum atomic E-state index is 13.0. The van der Waals surface area contributed by atoms with Gasteiger partial charge in [-0.2, -0.15) is 4.98 Å². The molecule has 0 aliphatic heterocycles. The number of aromatic nitrogens is 4. The molecule has 3 heterocycles. The molecule has 0 radical (unpaired) electrons. The number of nitrogens with one attached hydrogen (secondary N) is 1. The van der Waals surface area contributed by atoms with E-state index in [1.165, 1.54) is 22.2 Å². The Morgan fingerprint density at radius 1 is 1.32 bits per heavy atom. The lowest BCUT2D eigenvalue weighted by molar-refractivity contribution is -0.122. The molecule has 31 heavy (non-hydrogen) atoms. The first-order valence-corrected chi connectivity index (χ1v) is 10.9. The van der Waals surface area contributed by atoms with Crippen molar-refractivity contribution in [3.05, 3.63) is 52.1 Å². The SMILES string of the molecule is CC[C@@H](C)NC(=O)Cn1cnc2sc(-c3nc(-c4cccc(C)c4)no3)c(C)c2c1=O. The zero-order valence-corrected chi connectivity index (χ0v) is 18.6. The van der Waals surface area contributed by atoms with Gasteiger partial charge < -0.3 is 9.84 Å². The van der Waals surface area contributed by atoms with Gasteiger partial charge in [0.2, 0.25) is 11.7 Å². The van der Waals surface area contributed by atoms with Crippen molar-refractivity contribution in [2.24, 2.45) is 0 Å². The minimum atomic E-state index is -0.261. The van der Waals surface area contributed by atoms with Gasteiger partial charge in [0.1, 0.15) is 11.4 Å². The van der Waals surface area contributed by atoms with Crippen LogP contribution in [0.25, 0.3) is 32.4 Å². The van der Waals surface area contributed by atoms with Gasteiger partial charge in [0.25, 0.3) is 11.4 Å². The van der Waals surface area contributed by atoms with Crippen molar-refractivity contribution >= 4 is 27.5 Å². The first kappa shape index (κ1) is 20.9. The van der Waals surface area contributed by atoms with Crippen LogP contribution in [0.2, 0.25) is 0 Å². The highest BCUT2D eigenvalue weighted by Crippen LogP contribution is 2.35. The maximum Gasteiger partial charge on any atom is 0.268 e. The number of amides is 1. The van der Waals surface area contributed by atoms with Crippen molar-refractivity contribution < 1.29 is 9.32 Å². The number of hydrogen-bond acceptors (Lipinski definition) is 7. The van der Waals surface area contributed by atoms with Crippen molar-refractivity contribution in [3.8, 4) is 22.2 Å². The minimum absolute atomic E-state index is 0.0505. The fourth-order valence-electron chi connectivity index (χ4n) is 3.27. The summed E-state index contributed by atoms with van der Waals surface area (Å²) in [5, 5.41) is 7.42. The van der Waals surface area contributed by atoms with Gasteiger partial charge >= 0.3 is 0 Å². The number of carbonyl (C=O) groups excluding carboxylic acids is 1. The van der Waals surface area contributed by atoms with Gasteiger partial charge in [0.05, 0.1) is 16.6 Å². The van der Waals surface area contributed by atoms with Crippen molar-refractivity contribution in [2.45, 2.75) is 46.7 Å². The third-order valence-electron chi connectivity index (χ3n) is 5.15. The molecule has 4 aromatic rings. The number of fused-ring (bicyclic) bond motifs is 1. The smallest absolute Gasteiger partial charge is 0.268 e. The van der Waals surface area contributed by atoms with Crippen LogP contribution in [0.3, 0.4) is 0 Å². The van der Waals surface area contributed by atoms with E-state index in [4.69, 9.17) is 4.52 Å². The van der Waals surface area contributed by atoms with E-state index in [1.807, 2.05) is 52.0 Å². The standard InChI is InChI=1S/C22H23N5O3S/c1-5-13(3)24-16(28)10-27-11-23-21-17(22(27)29)14(4)18(31-21)20-25-19(26-30-20)15-8-6-7-12(2)9-15/h6-9,11,13H,5,10H2,1-4H3,(H,24,28)/t13-/m1/s1. The lowest BCUT2D eigenvalue weighted by Crippen LogP contribution is -2.37. The Morgan fingerprint density at radius 3 is 2.87 bits per heavy atom. The van der Waals surface area contributed by atoms with E-state index in [-0.39, 0.29) is 24.1 Å². The highest BCUT2D eigenvalue weighted by atomic mass is 32.1. The molecule has 0 aliphatic carbocycles. The Kier molecular flexibility index (Phi) is 5.69. The summed E-state index contributed by atoms with van der Waals surface area (Å²) in [4.78, 5) is 35.4. The van der Waals surface area contributed by atoms with Crippen LogP contribution in [0.4, 0.5) is 0 Å². The highest BCUT2D eigenvalue weighted by Gasteiger charge is 2.21. The molecule has 1 N–H and O–H groups in total. The fraction of sp³-hybridized carbons (Fsp3) is 0.318. The van der Waals surface area contributed by atoms with Crippen molar-refractivity contribution in [1.82, 2.24) is 25.0 Å². The van der Waals surface area contributed by atoms with Crippen molar-refractivity contribution in [2.75, 3.05) is 0 Å². The van der Waals surface area contributed by atoms with E-state index in [0.29, 0.717) is 32.4 Å². The Balaban J connectivity index is 1.68. The van der Waals surface area contributed by atoms with Gasteiger partial charge in [0.15, 0.2) is 0 Å². The first-order valence-electron chi connectivity index (χ1n) is 10.1. The Labute approximate surface area is 182 Å². The molecular weight excluding hydrogens is 414 g/mol. The van der Waals surface area contributed by atoms with Crippen LogP contribution in [-0.2, 0) is 11.3 Å². The van der Waals surface area contributed by atoms with Crippen molar-refractivity contribution in [3.63, 3.8) is 0 Å². The zero-order chi connectivity index (χ0) is 22.1. The largest absolute Gasteiger partial charge is 0.352 e. The van der Waals surface area contributed by atoms with Gasteiger partial charge in [-0.3, -0.25) is 14.2 Å². The maximum absolute atomic E-state index is 13.0. The minimum Gasteiger partial charge on any atom is -0.352 e. The van der Waals surface area contributed by atoms with Crippen LogP contribution < -0.4 is 10.9 Å². The fourth-order valence-corrected chi connectivity index (χ4v) is 4.33. The molecule has 0 bridgehead atoms. The Hall–Kier alpha value is -3.33. The normalized spacial score (nSPS) is 12.3. The van der Waals surface area contributed by atoms with E-state index in [1.54, 1.807) is 0 Å². The lowest BCUT2D eigenvalue weighted by Gasteiger charge is -2.12. The van der Waals surface area contributed by atoms with Gasteiger partial charge in [-0.1, -0.05) is 35.8 Å². The van der Waals surface area contributed by atoms with Gasteiger partial charge in [-0.15, -0.1) is 11.3 Å². The van der Waals surface area contributed by atoms with Crippen LogP contribution in [0.15, 0.2) is 39.9 Å². The molecule has 0 saturated carbocycles. The third-order valence-corrected chi connectivity index (χ3v) is 6.34. The second-order valence-corrected chi connectivity index (χ2v) is 8.58. The summed E-state index contributed by atoms with van der Waals surface area (Å²) < 4.78 is 6.82. The quantitative estimate of drug-likeness (QED) is 0.493. The summed E-state index contributed by atoms with van der Waals surface area (Å²) in [5.41, 5.74) is 2.42. The summed E-state index contributed by atoms with van der Waals surface area (Å²) in [6.07, 6.45) is 2.23. The van der Waals surface area contributed by atoms with Crippen LogP contribution in [-0.4, -0.2) is 31.6 Å². The average molecular weight is 438 g/mol.